The average Bonchev–Trinajstić information content (AvgIpc) is 3.26. The van der Waals surface area contributed by atoms with E-state index >= 15 is 0 Å². The largest absolute Gasteiger partial charge is 0.497 e. The predicted molar refractivity (Wildman–Crippen MR) is 115 cm³/mol. The number of carbonyl (C=O) groups excluding carboxylic acids is 2. The molecule has 0 unspecified atom stereocenters. The van der Waals surface area contributed by atoms with Gasteiger partial charge < -0.3 is 19.2 Å². The topological polar surface area (TPSA) is 94.8 Å². The van der Waals surface area contributed by atoms with Gasteiger partial charge in [0.15, 0.2) is 12.4 Å². The van der Waals surface area contributed by atoms with Gasteiger partial charge in [-0.25, -0.2) is 4.79 Å². The minimum absolute atomic E-state index is 0.132. The van der Waals surface area contributed by atoms with E-state index in [-0.39, 0.29) is 24.6 Å². The molecule has 1 aromatic heterocycles. The average molecular weight is 421 g/mol. The van der Waals surface area contributed by atoms with Crippen LogP contribution in [0.1, 0.15) is 33.5 Å². The van der Waals surface area contributed by atoms with Crippen molar-refractivity contribution in [3.05, 3.63) is 69.1 Å². The predicted octanol–water partition coefficient (Wildman–Crippen LogP) is 2.98. The van der Waals surface area contributed by atoms with Crippen LogP contribution >= 0.6 is 0 Å². The molecule has 1 aliphatic carbocycles. The van der Waals surface area contributed by atoms with E-state index in [0.717, 1.165) is 29.4 Å². The van der Waals surface area contributed by atoms with Crippen LogP contribution in [0.5, 0.6) is 11.5 Å². The van der Waals surface area contributed by atoms with Crippen LogP contribution in [0.25, 0.3) is 11.0 Å². The summed E-state index contributed by atoms with van der Waals surface area (Å²) in [4.78, 5) is 36.7. The number of nitrogens with one attached hydrogen (secondary N) is 1. The van der Waals surface area contributed by atoms with Crippen molar-refractivity contribution in [3.63, 3.8) is 0 Å². The molecular weight excluding hydrogens is 398 g/mol. The van der Waals surface area contributed by atoms with Crippen LogP contribution in [0, 0.1) is 6.92 Å². The number of carbonyl (C=O) groups is 2. The van der Waals surface area contributed by atoms with Gasteiger partial charge in [-0.15, -0.1) is 0 Å². The first kappa shape index (κ1) is 20.7. The monoisotopic (exact) mass is 421 g/mol. The van der Waals surface area contributed by atoms with Crippen molar-refractivity contribution in [2.75, 3.05) is 20.3 Å². The molecule has 160 valence electrons. The molecule has 2 aromatic carbocycles. The number of benzene rings is 2. The number of rotatable bonds is 7. The Morgan fingerprint density at radius 2 is 1.84 bits per heavy atom. The number of aryl methyl sites for hydroxylation is 2. The fourth-order valence-electron chi connectivity index (χ4n) is 3.87. The van der Waals surface area contributed by atoms with Gasteiger partial charge in [-0.1, -0.05) is 0 Å². The van der Waals surface area contributed by atoms with Crippen LogP contribution in [0.3, 0.4) is 0 Å². The van der Waals surface area contributed by atoms with Crippen LogP contribution in [0.15, 0.2) is 45.6 Å². The molecule has 0 bridgehead atoms. The Bertz CT molecular complexity index is 1210. The van der Waals surface area contributed by atoms with E-state index in [2.05, 4.69) is 5.32 Å². The van der Waals surface area contributed by atoms with Gasteiger partial charge in [0.25, 0.3) is 5.91 Å². The molecule has 0 spiro atoms. The maximum atomic E-state index is 12.3. The zero-order valence-electron chi connectivity index (χ0n) is 17.4. The third-order valence-electron chi connectivity index (χ3n) is 5.40. The molecule has 3 aromatic rings. The minimum Gasteiger partial charge on any atom is -0.497 e. The summed E-state index contributed by atoms with van der Waals surface area (Å²) in [6.45, 7) is 1.49. The second-order valence-electron chi connectivity index (χ2n) is 7.55. The molecule has 31 heavy (non-hydrogen) atoms. The number of methoxy groups -OCH3 is 1. The van der Waals surface area contributed by atoms with E-state index in [1.165, 1.54) is 0 Å². The van der Waals surface area contributed by atoms with Gasteiger partial charge in [0.1, 0.15) is 17.1 Å². The molecule has 7 heteroatoms. The molecule has 1 heterocycles. The number of hydrogen-bond donors (Lipinski definition) is 1. The summed E-state index contributed by atoms with van der Waals surface area (Å²) in [5.74, 6) is 0.539. The van der Waals surface area contributed by atoms with Gasteiger partial charge in [0, 0.05) is 11.1 Å². The van der Waals surface area contributed by atoms with Gasteiger partial charge in [0.2, 0.25) is 0 Å². The molecule has 1 amide bonds. The second kappa shape index (κ2) is 8.63. The Morgan fingerprint density at radius 3 is 2.58 bits per heavy atom. The lowest BCUT2D eigenvalue weighted by Crippen LogP contribution is -2.33. The number of fused-ring (bicyclic) bond motifs is 3. The second-order valence-corrected chi connectivity index (χ2v) is 7.55. The summed E-state index contributed by atoms with van der Waals surface area (Å²) in [5.41, 5.74) is 3.14. The van der Waals surface area contributed by atoms with Gasteiger partial charge in [-0.3, -0.25) is 9.59 Å². The maximum Gasteiger partial charge on any atom is 0.339 e. The van der Waals surface area contributed by atoms with Crippen molar-refractivity contribution in [3.8, 4) is 11.5 Å². The lowest BCUT2D eigenvalue weighted by atomic mass is 10.0. The summed E-state index contributed by atoms with van der Waals surface area (Å²) >= 11 is 0. The summed E-state index contributed by atoms with van der Waals surface area (Å²) < 4.78 is 16.4. The fourth-order valence-corrected chi connectivity index (χ4v) is 3.87. The van der Waals surface area contributed by atoms with Gasteiger partial charge in [-0.2, -0.15) is 0 Å². The van der Waals surface area contributed by atoms with Crippen molar-refractivity contribution in [1.29, 1.82) is 0 Å². The van der Waals surface area contributed by atoms with Crippen LogP contribution in [-0.4, -0.2) is 32.0 Å². The molecule has 0 radical (unpaired) electrons. The van der Waals surface area contributed by atoms with E-state index in [1.807, 2.05) is 13.0 Å². The Labute approximate surface area is 179 Å². The zero-order valence-corrected chi connectivity index (χ0v) is 17.4. The number of Topliss-reactive ketones (excluding diaryl/α,β-unsaturated/α-hetero) is 1. The van der Waals surface area contributed by atoms with E-state index in [4.69, 9.17) is 13.9 Å². The smallest absolute Gasteiger partial charge is 0.339 e. The van der Waals surface area contributed by atoms with Crippen molar-refractivity contribution >= 4 is 22.7 Å². The number of ether oxygens (including phenoxy) is 2. The molecule has 0 fully saturated rings. The Hall–Kier alpha value is -3.61. The standard InChI is InChI=1S/C24H23NO6/c1-14-10-20(23-17-4-3-5-18(17)24(28)31-21(23)11-14)30-13-22(27)25-12-19(26)15-6-8-16(29-2)9-7-15/h6-11H,3-5,12-13H2,1-2H3,(H,25,27). The summed E-state index contributed by atoms with van der Waals surface area (Å²) in [6.07, 6.45) is 2.36. The molecule has 0 aliphatic heterocycles. The highest BCUT2D eigenvalue weighted by molar-refractivity contribution is 5.99. The van der Waals surface area contributed by atoms with Crippen LogP contribution in [-0.2, 0) is 17.6 Å². The molecule has 0 saturated heterocycles. The van der Waals surface area contributed by atoms with Crippen molar-refractivity contribution in [2.24, 2.45) is 0 Å². The lowest BCUT2D eigenvalue weighted by molar-refractivity contribution is -0.122. The first-order chi connectivity index (χ1) is 15.0. The van der Waals surface area contributed by atoms with Crippen LogP contribution in [0.4, 0.5) is 0 Å². The van der Waals surface area contributed by atoms with Crippen molar-refractivity contribution in [1.82, 2.24) is 5.32 Å². The minimum atomic E-state index is -0.412. The molecular formula is C24H23NO6. The van der Waals surface area contributed by atoms with Crippen LogP contribution in [0.2, 0.25) is 0 Å². The first-order valence-electron chi connectivity index (χ1n) is 10.1. The number of hydrogen-bond acceptors (Lipinski definition) is 6. The Balaban J connectivity index is 1.44. The Kier molecular flexibility index (Phi) is 5.75. The van der Waals surface area contributed by atoms with E-state index in [9.17, 15) is 14.4 Å². The molecule has 1 aliphatic rings. The number of ketones is 1. The normalized spacial score (nSPS) is 12.5. The third kappa shape index (κ3) is 4.30. The number of amides is 1. The zero-order chi connectivity index (χ0) is 22.0. The van der Waals surface area contributed by atoms with E-state index in [1.54, 1.807) is 37.4 Å². The van der Waals surface area contributed by atoms with Crippen molar-refractivity contribution in [2.45, 2.75) is 26.2 Å². The highest BCUT2D eigenvalue weighted by Gasteiger charge is 2.22. The summed E-state index contributed by atoms with van der Waals surface area (Å²) in [5, 5.41) is 3.34. The first-order valence-corrected chi connectivity index (χ1v) is 10.1. The highest BCUT2D eigenvalue weighted by atomic mass is 16.5. The molecule has 1 N–H and O–H groups in total. The summed E-state index contributed by atoms with van der Waals surface area (Å²) in [7, 11) is 1.55. The quantitative estimate of drug-likeness (QED) is 0.466. The van der Waals surface area contributed by atoms with E-state index in [0.29, 0.717) is 34.6 Å². The van der Waals surface area contributed by atoms with E-state index < -0.39 is 5.91 Å². The van der Waals surface area contributed by atoms with Crippen molar-refractivity contribution < 1.29 is 23.5 Å². The highest BCUT2D eigenvalue weighted by Crippen LogP contribution is 2.35. The van der Waals surface area contributed by atoms with Gasteiger partial charge >= 0.3 is 5.63 Å². The molecule has 4 rings (SSSR count). The molecule has 7 nitrogen and oxygen atoms in total. The SMILES string of the molecule is COc1ccc(C(=O)CNC(=O)COc2cc(C)cc3oc(=O)c4c(c23)CCC4)cc1. The lowest BCUT2D eigenvalue weighted by Gasteiger charge is -2.13. The fraction of sp³-hybridized carbons (Fsp3) is 0.292. The van der Waals surface area contributed by atoms with Crippen LogP contribution < -0.4 is 20.4 Å². The molecule has 0 saturated carbocycles. The summed E-state index contributed by atoms with van der Waals surface area (Å²) in [6, 6.07) is 10.3. The molecule has 0 atom stereocenters. The Morgan fingerprint density at radius 1 is 1.10 bits per heavy atom. The maximum absolute atomic E-state index is 12.3. The van der Waals surface area contributed by atoms with Gasteiger partial charge in [0.05, 0.1) is 19.0 Å². The van der Waals surface area contributed by atoms with Gasteiger partial charge in [-0.05, 0) is 73.7 Å². The third-order valence-corrected chi connectivity index (χ3v) is 5.40.